The van der Waals surface area contributed by atoms with E-state index in [2.05, 4.69) is 0 Å². The Morgan fingerprint density at radius 2 is 2.04 bits per heavy atom. The predicted molar refractivity (Wildman–Crippen MR) is 87.3 cm³/mol. The maximum atomic E-state index is 12.2. The Labute approximate surface area is 145 Å². The lowest BCUT2D eigenvalue weighted by atomic mass is 10.2. The van der Waals surface area contributed by atoms with Crippen molar-refractivity contribution in [2.24, 2.45) is 0 Å². The van der Waals surface area contributed by atoms with Gasteiger partial charge in [0.05, 0.1) is 28.0 Å². The summed E-state index contributed by atoms with van der Waals surface area (Å²) in [7, 11) is -2.03. The lowest BCUT2D eigenvalue weighted by Gasteiger charge is -2.20. The first-order valence-corrected chi connectivity index (χ1v) is 9.17. The van der Waals surface area contributed by atoms with Gasteiger partial charge in [-0.15, -0.1) is 0 Å². The Bertz CT molecular complexity index is 786. The lowest BCUT2D eigenvalue weighted by Crippen LogP contribution is -2.38. The van der Waals surface area contributed by atoms with E-state index in [9.17, 15) is 18.0 Å². The van der Waals surface area contributed by atoms with Gasteiger partial charge in [-0.05, 0) is 25.1 Å². The minimum absolute atomic E-state index is 0.0184. The third-order valence-corrected chi connectivity index (χ3v) is 4.59. The molecule has 0 saturated carbocycles. The molecule has 9 heteroatoms. The number of nitrogens with zero attached hydrogens (tertiary/aromatic N) is 2. The molecule has 0 fully saturated rings. The molecule has 0 aliphatic heterocycles. The standard InChI is InChI=1S/C15H17ClN2O5S/c1-10(14(19)18(2)8-4-7-17)23-15(20)12-9-11(24(3,21)22)5-6-13(12)16/h5-6,9-10H,4,8H2,1-3H3/t10-/m1/s1. The Morgan fingerprint density at radius 3 is 2.58 bits per heavy atom. The molecule has 0 aromatic heterocycles. The summed E-state index contributed by atoms with van der Waals surface area (Å²) in [6.07, 6.45) is 0.0615. The highest BCUT2D eigenvalue weighted by Crippen LogP contribution is 2.22. The number of carbonyl (C=O) groups excluding carboxylic acids is 2. The molecular formula is C15H17ClN2O5S. The van der Waals surface area contributed by atoms with E-state index in [0.29, 0.717) is 0 Å². The number of rotatable bonds is 6. The molecule has 130 valence electrons. The van der Waals surface area contributed by atoms with Gasteiger partial charge >= 0.3 is 5.97 Å². The summed E-state index contributed by atoms with van der Waals surface area (Å²) < 4.78 is 28.2. The third-order valence-electron chi connectivity index (χ3n) is 3.15. The zero-order valence-corrected chi connectivity index (χ0v) is 15.0. The minimum Gasteiger partial charge on any atom is -0.449 e. The number of hydrogen-bond donors (Lipinski definition) is 0. The summed E-state index contributed by atoms with van der Waals surface area (Å²) in [4.78, 5) is 25.4. The first kappa shape index (κ1) is 19.9. The van der Waals surface area contributed by atoms with Gasteiger partial charge < -0.3 is 9.64 Å². The van der Waals surface area contributed by atoms with Crippen LogP contribution >= 0.6 is 11.6 Å². The van der Waals surface area contributed by atoms with Crippen LogP contribution in [0.3, 0.4) is 0 Å². The number of sulfone groups is 1. The maximum absolute atomic E-state index is 12.2. The Balaban J connectivity index is 2.92. The number of esters is 1. The van der Waals surface area contributed by atoms with E-state index in [1.165, 1.54) is 31.0 Å². The summed E-state index contributed by atoms with van der Waals surface area (Å²) in [6.45, 7) is 1.60. The molecule has 0 saturated heterocycles. The van der Waals surface area contributed by atoms with E-state index in [4.69, 9.17) is 21.6 Å². The summed E-state index contributed by atoms with van der Waals surface area (Å²) in [6, 6.07) is 5.57. The summed E-state index contributed by atoms with van der Waals surface area (Å²) in [5, 5.41) is 8.53. The second-order valence-electron chi connectivity index (χ2n) is 5.13. The molecule has 0 aliphatic carbocycles. The number of halogens is 1. The van der Waals surface area contributed by atoms with Crippen molar-refractivity contribution in [3.05, 3.63) is 28.8 Å². The van der Waals surface area contributed by atoms with Crippen molar-refractivity contribution in [1.82, 2.24) is 4.90 Å². The van der Waals surface area contributed by atoms with E-state index in [0.717, 1.165) is 12.3 Å². The lowest BCUT2D eigenvalue weighted by molar-refractivity contribution is -0.138. The molecule has 0 heterocycles. The Morgan fingerprint density at radius 1 is 1.42 bits per heavy atom. The number of ether oxygens (including phenoxy) is 1. The molecule has 1 atom stereocenters. The van der Waals surface area contributed by atoms with Gasteiger partial charge in [0.1, 0.15) is 0 Å². The summed E-state index contributed by atoms with van der Waals surface area (Å²) in [5.41, 5.74) is -0.140. The van der Waals surface area contributed by atoms with Crippen molar-refractivity contribution in [1.29, 1.82) is 5.26 Å². The fraction of sp³-hybridized carbons (Fsp3) is 0.400. The van der Waals surface area contributed by atoms with Gasteiger partial charge in [0.2, 0.25) is 0 Å². The van der Waals surface area contributed by atoms with Crippen molar-refractivity contribution in [2.45, 2.75) is 24.3 Å². The van der Waals surface area contributed by atoms with Gasteiger partial charge in [-0.25, -0.2) is 13.2 Å². The van der Waals surface area contributed by atoms with Crippen molar-refractivity contribution < 1.29 is 22.7 Å². The number of benzene rings is 1. The molecule has 0 aliphatic rings. The number of carbonyl (C=O) groups is 2. The number of amides is 1. The Kier molecular flexibility index (Phi) is 6.75. The van der Waals surface area contributed by atoms with Crippen LogP contribution in [0.5, 0.6) is 0 Å². The molecule has 1 rings (SSSR count). The highest BCUT2D eigenvalue weighted by atomic mass is 35.5. The monoisotopic (exact) mass is 372 g/mol. The van der Waals surface area contributed by atoms with E-state index in [1.54, 1.807) is 0 Å². The van der Waals surface area contributed by atoms with Crippen LogP contribution in [-0.4, -0.2) is 51.1 Å². The SMILES string of the molecule is C[C@@H](OC(=O)c1cc(S(C)(=O)=O)ccc1Cl)C(=O)N(C)CCC#N. The highest BCUT2D eigenvalue weighted by molar-refractivity contribution is 7.90. The van der Waals surface area contributed by atoms with Crippen LogP contribution in [-0.2, 0) is 19.4 Å². The second kappa shape index (κ2) is 8.13. The molecule has 0 bridgehead atoms. The molecule has 24 heavy (non-hydrogen) atoms. The molecular weight excluding hydrogens is 356 g/mol. The molecule has 0 spiro atoms. The zero-order chi connectivity index (χ0) is 18.5. The van der Waals surface area contributed by atoms with E-state index >= 15 is 0 Å². The topological polar surface area (TPSA) is 105 Å². The Hall–Kier alpha value is -2.11. The fourth-order valence-corrected chi connectivity index (χ4v) is 2.65. The van der Waals surface area contributed by atoms with Gasteiger partial charge in [-0.1, -0.05) is 11.6 Å². The van der Waals surface area contributed by atoms with Crippen molar-refractivity contribution in [3.8, 4) is 6.07 Å². The van der Waals surface area contributed by atoms with E-state index < -0.39 is 27.8 Å². The first-order chi connectivity index (χ1) is 11.1. The molecule has 7 nitrogen and oxygen atoms in total. The van der Waals surface area contributed by atoms with Crippen molar-refractivity contribution in [3.63, 3.8) is 0 Å². The van der Waals surface area contributed by atoms with Gasteiger partial charge in [-0.3, -0.25) is 4.79 Å². The average Bonchev–Trinajstić information content (AvgIpc) is 2.50. The van der Waals surface area contributed by atoms with Crippen LogP contribution in [0.15, 0.2) is 23.1 Å². The quantitative estimate of drug-likeness (QED) is 0.703. The first-order valence-electron chi connectivity index (χ1n) is 6.90. The van der Waals surface area contributed by atoms with Crippen LogP contribution in [0.2, 0.25) is 5.02 Å². The van der Waals surface area contributed by atoms with E-state index in [-0.39, 0.29) is 28.4 Å². The molecule has 1 amide bonds. The number of nitriles is 1. The zero-order valence-electron chi connectivity index (χ0n) is 13.4. The smallest absolute Gasteiger partial charge is 0.340 e. The van der Waals surface area contributed by atoms with Gasteiger partial charge in [-0.2, -0.15) is 5.26 Å². The number of hydrogen-bond acceptors (Lipinski definition) is 6. The van der Waals surface area contributed by atoms with Crippen molar-refractivity contribution in [2.75, 3.05) is 19.8 Å². The van der Waals surface area contributed by atoms with Crippen molar-refractivity contribution >= 4 is 33.3 Å². The summed E-state index contributed by atoms with van der Waals surface area (Å²) >= 11 is 5.91. The van der Waals surface area contributed by atoms with Gasteiger partial charge in [0, 0.05) is 19.8 Å². The predicted octanol–water partition coefficient (Wildman–Crippen LogP) is 1.66. The fourth-order valence-electron chi connectivity index (χ4n) is 1.80. The van der Waals surface area contributed by atoms with Crippen LogP contribution in [0, 0.1) is 11.3 Å². The molecule has 0 radical (unpaired) electrons. The third kappa shape index (κ3) is 5.22. The van der Waals surface area contributed by atoms with Crippen LogP contribution in [0.25, 0.3) is 0 Å². The van der Waals surface area contributed by atoms with Gasteiger partial charge in [0.15, 0.2) is 15.9 Å². The number of likely N-dealkylation sites (N-methyl/N-ethyl adjacent to an activating group) is 1. The summed E-state index contributed by atoms with van der Waals surface area (Å²) in [5.74, 6) is -1.38. The van der Waals surface area contributed by atoms with Crippen LogP contribution in [0.1, 0.15) is 23.7 Å². The van der Waals surface area contributed by atoms with Gasteiger partial charge in [0.25, 0.3) is 5.91 Å². The van der Waals surface area contributed by atoms with Crippen LogP contribution < -0.4 is 0 Å². The highest BCUT2D eigenvalue weighted by Gasteiger charge is 2.24. The molecule has 0 unspecified atom stereocenters. The minimum atomic E-state index is -3.52. The molecule has 1 aromatic carbocycles. The maximum Gasteiger partial charge on any atom is 0.340 e. The molecule has 1 aromatic rings. The molecule has 0 N–H and O–H groups in total. The average molecular weight is 373 g/mol. The normalized spacial score (nSPS) is 12.1. The van der Waals surface area contributed by atoms with Crippen LogP contribution in [0.4, 0.5) is 0 Å². The largest absolute Gasteiger partial charge is 0.449 e. The second-order valence-corrected chi connectivity index (χ2v) is 7.55. The van der Waals surface area contributed by atoms with E-state index in [1.807, 2.05) is 6.07 Å².